The molecule has 158 valence electrons. The number of halogens is 1. The molecule has 0 spiro atoms. The molecule has 0 bridgehead atoms. The van der Waals surface area contributed by atoms with Crippen molar-refractivity contribution in [1.29, 1.82) is 0 Å². The number of carbonyl (C=O) groups is 1. The molecule has 0 radical (unpaired) electrons. The highest BCUT2D eigenvalue weighted by molar-refractivity contribution is 7.99. The molecule has 0 aliphatic rings. The number of anilines is 1. The van der Waals surface area contributed by atoms with E-state index in [9.17, 15) is 4.79 Å². The summed E-state index contributed by atoms with van der Waals surface area (Å²) in [6, 6.07) is 15.7. The third kappa shape index (κ3) is 5.26. The maximum Gasteiger partial charge on any atom is 0.229 e. The van der Waals surface area contributed by atoms with E-state index in [1.54, 1.807) is 40.4 Å². The second-order valence-electron chi connectivity index (χ2n) is 7.27. The predicted octanol–water partition coefficient (Wildman–Crippen LogP) is 6.68. The van der Waals surface area contributed by atoms with Crippen LogP contribution >= 0.6 is 34.7 Å². The van der Waals surface area contributed by atoms with E-state index in [-0.39, 0.29) is 5.91 Å². The largest absolute Gasteiger partial charge is 0.284 e. The number of rotatable bonds is 7. The summed E-state index contributed by atoms with van der Waals surface area (Å²) in [4.78, 5) is 25.2. The third-order valence-corrected chi connectivity index (χ3v) is 7.40. The maximum atomic E-state index is 13.3. The van der Waals surface area contributed by atoms with Crippen molar-refractivity contribution in [3.63, 3.8) is 0 Å². The Bertz CT molecular complexity index is 1150. The van der Waals surface area contributed by atoms with Gasteiger partial charge in [0.1, 0.15) is 0 Å². The SMILES string of the molecule is Cc1ccc(C)c2sc(N(Cc3cccnc3)C(=O)CCSc3ccc(Cl)cc3)nc12. The summed E-state index contributed by atoms with van der Waals surface area (Å²) in [5, 5.41) is 1.45. The summed E-state index contributed by atoms with van der Waals surface area (Å²) in [5.41, 5.74) is 4.25. The molecule has 0 fully saturated rings. The molecule has 4 rings (SSSR count). The maximum absolute atomic E-state index is 13.3. The topological polar surface area (TPSA) is 46.1 Å². The number of hydrogen-bond donors (Lipinski definition) is 0. The van der Waals surface area contributed by atoms with Crippen molar-refractivity contribution in [2.75, 3.05) is 10.7 Å². The monoisotopic (exact) mass is 467 g/mol. The van der Waals surface area contributed by atoms with Crippen LogP contribution in [0.25, 0.3) is 10.2 Å². The number of thioether (sulfide) groups is 1. The number of pyridine rings is 1. The van der Waals surface area contributed by atoms with Gasteiger partial charge in [-0.15, -0.1) is 11.8 Å². The Balaban J connectivity index is 1.56. The van der Waals surface area contributed by atoms with Crippen molar-refractivity contribution in [3.8, 4) is 0 Å². The van der Waals surface area contributed by atoms with Gasteiger partial charge in [0.25, 0.3) is 0 Å². The van der Waals surface area contributed by atoms with E-state index < -0.39 is 0 Å². The number of amides is 1. The Hall–Kier alpha value is -2.41. The quantitative estimate of drug-likeness (QED) is 0.284. The number of aryl methyl sites for hydroxylation is 2. The first-order chi connectivity index (χ1) is 15.0. The van der Waals surface area contributed by atoms with Gasteiger partial charge in [0, 0.05) is 34.5 Å². The Morgan fingerprint density at radius 1 is 1.10 bits per heavy atom. The first-order valence-corrected chi connectivity index (χ1v) is 12.1. The van der Waals surface area contributed by atoms with Gasteiger partial charge >= 0.3 is 0 Å². The number of fused-ring (bicyclic) bond motifs is 1. The highest BCUT2D eigenvalue weighted by atomic mass is 35.5. The van der Waals surface area contributed by atoms with Crippen molar-refractivity contribution in [1.82, 2.24) is 9.97 Å². The molecule has 4 nitrogen and oxygen atoms in total. The molecule has 1 amide bonds. The third-order valence-electron chi connectivity index (χ3n) is 4.92. The van der Waals surface area contributed by atoms with Crippen LogP contribution in [0, 0.1) is 13.8 Å². The Morgan fingerprint density at radius 2 is 1.87 bits per heavy atom. The molecule has 0 N–H and O–H groups in total. The zero-order valence-corrected chi connectivity index (χ0v) is 19.7. The molecule has 2 heterocycles. The average molecular weight is 468 g/mol. The fourth-order valence-electron chi connectivity index (χ4n) is 3.22. The molecule has 31 heavy (non-hydrogen) atoms. The van der Waals surface area contributed by atoms with Gasteiger partial charge in [0.2, 0.25) is 5.91 Å². The molecule has 0 saturated heterocycles. The lowest BCUT2D eigenvalue weighted by molar-refractivity contribution is -0.118. The van der Waals surface area contributed by atoms with Gasteiger partial charge < -0.3 is 0 Å². The smallest absolute Gasteiger partial charge is 0.229 e. The van der Waals surface area contributed by atoms with E-state index in [2.05, 4.69) is 31.0 Å². The summed E-state index contributed by atoms with van der Waals surface area (Å²) in [6.07, 6.45) is 3.96. The van der Waals surface area contributed by atoms with Crippen LogP contribution in [0.5, 0.6) is 0 Å². The Kier molecular flexibility index (Phi) is 6.90. The van der Waals surface area contributed by atoms with E-state index >= 15 is 0 Å². The molecular weight excluding hydrogens is 446 g/mol. The highest BCUT2D eigenvalue weighted by Crippen LogP contribution is 2.34. The van der Waals surface area contributed by atoms with E-state index in [1.165, 1.54) is 5.56 Å². The van der Waals surface area contributed by atoms with Crippen LogP contribution in [0.3, 0.4) is 0 Å². The zero-order chi connectivity index (χ0) is 21.8. The van der Waals surface area contributed by atoms with Crippen molar-refractivity contribution >= 4 is 56.0 Å². The van der Waals surface area contributed by atoms with Crippen molar-refractivity contribution in [2.45, 2.75) is 31.7 Å². The normalized spacial score (nSPS) is 11.1. The van der Waals surface area contributed by atoms with Crippen LogP contribution in [-0.2, 0) is 11.3 Å². The first-order valence-electron chi connectivity index (χ1n) is 9.95. The van der Waals surface area contributed by atoms with Crippen LogP contribution in [0.2, 0.25) is 5.02 Å². The number of aromatic nitrogens is 2. The number of carbonyl (C=O) groups excluding carboxylic acids is 1. The van der Waals surface area contributed by atoms with Crippen molar-refractivity contribution in [3.05, 3.63) is 82.6 Å². The van der Waals surface area contributed by atoms with Gasteiger partial charge in [-0.2, -0.15) is 0 Å². The van der Waals surface area contributed by atoms with Crippen molar-refractivity contribution < 1.29 is 4.79 Å². The Morgan fingerprint density at radius 3 is 2.58 bits per heavy atom. The minimum Gasteiger partial charge on any atom is -0.284 e. The molecule has 0 saturated carbocycles. The summed E-state index contributed by atoms with van der Waals surface area (Å²) in [6.45, 7) is 4.59. The summed E-state index contributed by atoms with van der Waals surface area (Å²) in [5.74, 6) is 0.743. The summed E-state index contributed by atoms with van der Waals surface area (Å²) < 4.78 is 1.13. The van der Waals surface area contributed by atoms with Gasteiger partial charge in [-0.05, 0) is 60.9 Å². The van der Waals surface area contributed by atoms with Gasteiger partial charge in [0.15, 0.2) is 5.13 Å². The van der Waals surface area contributed by atoms with Crippen molar-refractivity contribution in [2.24, 2.45) is 0 Å². The standard InChI is InChI=1S/C24H22ClN3OS2/c1-16-5-6-17(2)23-22(16)27-24(31-23)28(15-18-4-3-12-26-14-18)21(29)11-13-30-20-9-7-19(25)8-10-20/h3-10,12,14H,11,13,15H2,1-2H3. The van der Waals surface area contributed by atoms with Crippen LogP contribution in [0.1, 0.15) is 23.1 Å². The van der Waals surface area contributed by atoms with Gasteiger partial charge in [0.05, 0.1) is 16.8 Å². The Labute approximate surface area is 195 Å². The van der Waals surface area contributed by atoms with E-state index in [1.807, 2.05) is 36.4 Å². The molecule has 0 unspecified atom stereocenters. The number of hydrogen-bond acceptors (Lipinski definition) is 5. The lowest BCUT2D eigenvalue weighted by Crippen LogP contribution is -2.30. The zero-order valence-electron chi connectivity index (χ0n) is 17.3. The molecule has 4 aromatic rings. The van der Waals surface area contributed by atoms with Gasteiger partial charge in [-0.3, -0.25) is 14.7 Å². The van der Waals surface area contributed by atoms with Gasteiger partial charge in [-0.25, -0.2) is 4.98 Å². The van der Waals surface area contributed by atoms with Crippen LogP contribution < -0.4 is 4.90 Å². The van der Waals surface area contributed by atoms with Crippen LogP contribution in [-0.4, -0.2) is 21.6 Å². The summed E-state index contributed by atoms with van der Waals surface area (Å²) in [7, 11) is 0. The van der Waals surface area contributed by atoms with E-state index in [4.69, 9.17) is 16.6 Å². The number of nitrogens with zero attached hydrogens (tertiary/aromatic N) is 3. The lowest BCUT2D eigenvalue weighted by Gasteiger charge is -2.20. The lowest BCUT2D eigenvalue weighted by atomic mass is 10.1. The van der Waals surface area contributed by atoms with Gasteiger partial charge in [-0.1, -0.05) is 41.1 Å². The number of benzene rings is 2. The second-order valence-corrected chi connectivity index (χ2v) is 9.85. The minimum absolute atomic E-state index is 0.0553. The summed E-state index contributed by atoms with van der Waals surface area (Å²) >= 11 is 9.19. The fraction of sp³-hybridized carbons (Fsp3) is 0.208. The van der Waals surface area contributed by atoms with E-state index in [0.29, 0.717) is 23.7 Å². The molecule has 0 aliphatic heterocycles. The number of thiazole rings is 1. The molecule has 0 atom stereocenters. The molecule has 7 heteroatoms. The first kappa shape index (κ1) is 21.8. The molecular formula is C24H22ClN3OS2. The molecule has 2 aromatic heterocycles. The predicted molar refractivity (Wildman–Crippen MR) is 131 cm³/mol. The fourth-order valence-corrected chi connectivity index (χ4v) is 5.32. The molecule has 0 aliphatic carbocycles. The van der Waals surface area contributed by atoms with Crippen LogP contribution in [0.15, 0.2) is 65.8 Å². The second kappa shape index (κ2) is 9.81. The van der Waals surface area contributed by atoms with E-state index in [0.717, 1.165) is 31.4 Å². The minimum atomic E-state index is 0.0553. The highest BCUT2D eigenvalue weighted by Gasteiger charge is 2.21. The average Bonchev–Trinajstić information content (AvgIpc) is 3.23. The van der Waals surface area contributed by atoms with Crippen LogP contribution in [0.4, 0.5) is 5.13 Å². The molecule has 2 aromatic carbocycles.